The minimum atomic E-state index is 0.136. The highest BCUT2D eigenvalue weighted by Crippen LogP contribution is 2.26. The van der Waals surface area contributed by atoms with Crippen LogP contribution in [0.5, 0.6) is 0 Å². The Kier molecular flexibility index (Phi) is 4.19. The van der Waals surface area contributed by atoms with Gasteiger partial charge in [0, 0.05) is 12.1 Å². The van der Waals surface area contributed by atoms with E-state index < -0.39 is 0 Å². The molecular weight excluding hydrogens is 246 g/mol. The van der Waals surface area contributed by atoms with E-state index in [4.69, 9.17) is 4.98 Å². The van der Waals surface area contributed by atoms with Crippen LogP contribution in [0.1, 0.15) is 46.5 Å². The number of nitrogens with one attached hydrogen (secondary N) is 1. The zero-order valence-electron chi connectivity index (χ0n) is 13.6. The van der Waals surface area contributed by atoms with Gasteiger partial charge in [-0.15, -0.1) is 0 Å². The number of imidazole rings is 1. The molecule has 1 heterocycles. The summed E-state index contributed by atoms with van der Waals surface area (Å²) in [7, 11) is 0. The second kappa shape index (κ2) is 5.57. The number of hydrogen-bond acceptors (Lipinski definition) is 2. The van der Waals surface area contributed by atoms with Gasteiger partial charge in [0.2, 0.25) is 0 Å². The standard InChI is InChI=1S/C17H27N3/c1-12(2)16(11-18-17(4,5)6)20-13(3)19-14-9-7-8-10-15(14)20/h7-10,12,16,18H,11H2,1-6H3. The Morgan fingerprint density at radius 2 is 1.85 bits per heavy atom. The Morgan fingerprint density at radius 1 is 1.20 bits per heavy atom. The van der Waals surface area contributed by atoms with Gasteiger partial charge in [-0.05, 0) is 45.7 Å². The fourth-order valence-electron chi connectivity index (χ4n) is 2.62. The summed E-state index contributed by atoms with van der Waals surface area (Å²) in [6.45, 7) is 14.3. The first-order valence-corrected chi connectivity index (χ1v) is 7.48. The van der Waals surface area contributed by atoms with E-state index in [0.717, 1.165) is 17.9 Å². The molecule has 0 saturated carbocycles. The summed E-state index contributed by atoms with van der Waals surface area (Å²) in [6, 6.07) is 8.82. The van der Waals surface area contributed by atoms with Crippen molar-refractivity contribution >= 4 is 11.0 Å². The van der Waals surface area contributed by atoms with Crippen molar-refractivity contribution in [3.63, 3.8) is 0 Å². The lowest BCUT2D eigenvalue weighted by atomic mass is 10.0. The molecule has 110 valence electrons. The number of para-hydroxylation sites is 2. The lowest BCUT2D eigenvalue weighted by Gasteiger charge is -2.29. The van der Waals surface area contributed by atoms with Crippen molar-refractivity contribution < 1.29 is 0 Å². The minimum Gasteiger partial charge on any atom is -0.324 e. The van der Waals surface area contributed by atoms with E-state index in [-0.39, 0.29) is 5.54 Å². The Labute approximate surface area is 122 Å². The quantitative estimate of drug-likeness (QED) is 0.914. The Balaban J connectivity index is 2.39. The Morgan fingerprint density at radius 3 is 2.45 bits per heavy atom. The summed E-state index contributed by atoms with van der Waals surface area (Å²) in [5.74, 6) is 1.65. The lowest BCUT2D eigenvalue weighted by molar-refractivity contribution is 0.313. The van der Waals surface area contributed by atoms with Crippen LogP contribution in [0.2, 0.25) is 0 Å². The third kappa shape index (κ3) is 3.21. The molecule has 0 bridgehead atoms. The summed E-state index contributed by atoms with van der Waals surface area (Å²) in [4.78, 5) is 4.70. The number of hydrogen-bond donors (Lipinski definition) is 1. The van der Waals surface area contributed by atoms with Crippen LogP contribution >= 0.6 is 0 Å². The van der Waals surface area contributed by atoms with Crippen LogP contribution < -0.4 is 5.32 Å². The van der Waals surface area contributed by atoms with Gasteiger partial charge in [0.05, 0.1) is 17.1 Å². The van der Waals surface area contributed by atoms with E-state index >= 15 is 0 Å². The molecule has 0 spiro atoms. The van der Waals surface area contributed by atoms with Gasteiger partial charge in [0.1, 0.15) is 5.82 Å². The van der Waals surface area contributed by atoms with E-state index in [1.54, 1.807) is 0 Å². The monoisotopic (exact) mass is 273 g/mol. The molecule has 0 radical (unpaired) electrons. The molecule has 2 aromatic rings. The maximum Gasteiger partial charge on any atom is 0.107 e. The molecule has 1 aromatic carbocycles. The van der Waals surface area contributed by atoms with E-state index in [1.165, 1.54) is 5.52 Å². The SMILES string of the molecule is Cc1nc2ccccc2n1C(CNC(C)(C)C)C(C)C. The summed E-state index contributed by atoms with van der Waals surface area (Å²) in [5.41, 5.74) is 2.46. The normalized spacial score (nSPS) is 14.2. The van der Waals surface area contributed by atoms with Crippen LogP contribution in [0, 0.1) is 12.8 Å². The van der Waals surface area contributed by atoms with Gasteiger partial charge < -0.3 is 9.88 Å². The summed E-state index contributed by atoms with van der Waals surface area (Å²) >= 11 is 0. The van der Waals surface area contributed by atoms with E-state index in [2.05, 4.69) is 75.7 Å². The topological polar surface area (TPSA) is 29.9 Å². The number of nitrogens with zero attached hydrogens (tertiary/aromatic N) is 2. The average molecular weight is 273 g/mol. The predicted molar refractivity (Wildman–Crippen MR) is 86.1 cm³/mol. The second-order valence-electron chi connectivity index (χ2n) is 6.96. The zero-order chi connectivity index (χ0) is 14.9. The summed E-state index contributed by atoms with van der Waals surface area (Å²) in [6.07, 6.45) is 0. The van der Waals surface area contributed by atoms with Crippen molar-refractivity contribution in [3.8, 4) is 0 Å². The van der Waals surface area contributed by atoms with Crippen LogP contribution in [0.15, 0.2) is 24.3 Å². The highest BCUT2D eigenvalue weighted by atomic mass is 15.1. The largest absolute Gasteiger partial charge is 0.324 e. The third-order valence-electron chi connectivity index (χ3n) is 3.71. The smallest absolute Gasteiger partial charge is 0.107 e. The molecule has 1 aromatic heterocycles. The van der Waals surface area contributed by atoms with Crippen molar-refractivity contribution in [3.05, 3.63) is 30.1 Å². The van der Waals surface area contributed by atoms with Crippen LogP contribution in [0.3, 0.4) is 0 Å². The van der Waals surface area contributed by atoms with Crippen molar-refractivity contribution in [1.29, 1.82) is 0 Å². The number of fused-ring (bicyclic) bond motifs is 1. The van der Waals surface area contributed by atoms with Gasteiger partial charge in [-0.2, -0.15) is 0 Å². The molecule has 0 saturated heterocycles. The fraction of sp³-hybridized carbons (Fsp3) is 0.588. The molecule has 2 rings (SSSR count). The number of aromatic nitrogens is 2. The molecule has 0 aliphatic rings. The minimum absolute atomic E-state index is 0.136. The number of aryl methyl sites for hydroxylation is 1. The molecule has 1 atom stereocenters. The molecule has 1 unspecified atom stereocenters. The van der Waals surface area contributed by atoms with Crippen molar-refractivity contribution in [1.82, 2.24) is 14.9 Å². The molecule has 3 nitrogen and oxygen atoms in total. The van der Waals surface area contributed by atoms with E-state index in [1.807, 2.05) is 0 Å². The van der Waals surface area contributed by atoms with Crippen LogP contribution in [-0.4, -0.2) is 21.6 Å². The zero-order valence-corrected chi connectivity index (χ0v) is 13.6. The first-order chi connectivity index (χ1) is 9.29. The summed E-state index contributed by atoms with van der Waals surface area (Å²) in [5, 5.41) is 3.63. The van der Waals surface area contributed by atoms with Gasteiger partial charge in [-0.1, -0.05) is 26.0 Å². The first kappa shape index (κ1) is 15.0. The predicted octanol–water partition coefficient (Wildman–Crippen LogP) is 3.93. The number of rotatable bonds is 4. The first-order valence-electron chi connectivity index (χ1n) is 7.48. The van der Waals surface area contributed by atoms with Crippen LogP contribution in [-0.2, 0) is 0 Å². The van der Waals surface area contributed by atoms with Gasteiger partial charge in [0.25, 0.3) is 0 Å². The van der Waals surface area contributed by atoms with Crippen molar-refractivity contribution in [2.45, 2.75) is 53.1 Å². The molecule has 0 aliphatic carbocycles. The lowest BCUT2D eigenvalue weighted by Crippen LogP contribution is -2.41. The van der Waals surface area contributed by atoms with E-state index in [9.17, 15) is 0 Å². The molecular formula is C17H27N3. The van der Waals surface area contributed by atoms with Crippen LogP contribution in [0.25, 0.3) is 11.0 Å². The third-order valence-corrected chi connectivity index (χ3v) is 3.71. The van der Waals surface area contributed by atoms with Gasteiger partial charge in [-0.25, -0.2) is 4.98 Å². The maximum absolute atomic E-state index is 4.70. The number of benzene rings is 1. The maximum atomic E-state index is 4.70. The van der Waals surface area contributed by atoms with Gasteiger partial charge in [-0.3, -0.25) is 0 Å². The second-order valence-corrected chi connectivity index (χ2v) is 6.96. The van der Waals surface area contributed by atoms with E-state index in [0.29, 0.717) is 12.0 Å². The Bertz CT molecular complexity index is 575. The van der Waals surface area contributed by atoms with Crippen LogP contribution in [0.4, 0.5) is 0 Å². The Hall–Kier alpha value is -1.35. The molecule has 1 N–H and O–H groups in total. The highest BCUT2D eigenvalue weighted by Gasteiger charge is 2.22. The molecule has 0 amide bonds. The van der Waals surface area contributed by atoms with Gasteiger partial charge in [0.15, 0.2) is 0 Å². The molecule has 0 fully saturated rings. The van der Waals surface area contributed by atoms with Crippen molar-refractivity contribution in [2.24, 2.45) is 5.92 Å². The van der Waals surface area contributed by atoms with Crippen molar-refractivity contribution in [2.75, 3.05) is 6.54 Å². The average Bonchev–Trinajstić information content (AvgIpc) is 2.65. The summed E-state index contributed by atoms with van der Waals surface area (Å²) < 4.78 is 2.39. The molecule has 3 heteroatoms. The van der Waals surface area contributed by atoms with Gasteiger partial charge >= 0.3 is 0 Å². The fourth-order valence-corrected chi connectivity index (χ4v) is 2.62. The molecule has 20 heavy (non-hydrogen) atoms. The molecule has 0 aliphatic heterocycles. The highest BCUT2D eigenvalue weighted by molar-refractivity contribution is 5.76.